The minimum Gasteiger partial charge on any atom is -0.474 e. The molecular weight excluding hydrogens is 382 g/mol. The fourth-order valence-corrected chi connectivity index (χ4v) is 3.31. The Balaban J connectivity index is 1.30. The van der Waals surface area contributed by atoms with Crippen LogP contribution in [0.15, 0.2) is 66.9 Å². The van der Waals surface area contributed by atoms with Crippen molar-refractivity contribution in [2.45, 2.75) is 18.9 Å². The predicted molar refractivity (Wildman–Crippen MR) is 111 cm³/mol. The number of piperidine rings is 1. The summed E-state index contributed by atoms with van der Waals surface area (Å²) >= 11 is 0. The van der Waals surface area contributed by atoms with Crippen LogP contribution in [-0.4, -0.2) is 47.1 Å². The van der Waals surface area contributed by atoms with Gasteiger partial charge >= 0.3 is 6.01 Å². The molecule has 154 valence electrons. The molecule has 7 nitrogen and oxygen atoms in total. The molecule has 0 saturated carbocycles. The highest BCUT2D eigenvalue weighted by Crippen LogP contribution is 2.23. The van der Waals surface area contributed by atoms with E-state index in [9.17, 15) is 4.79 Å². The van der Waals surface area contributed by atoms with Gasteiger partial charge in [-0.2, -0.15) is 4.98 Å². The molecule has 0 spiro atoms. The van der Waals surface area contributed by atoms with E-state index in [1.165, 1.54) is 7.11 Å². The molecule has 0 radical (unpaired) electrons. The third-order valence-electron chi connectivity index (χ3n) is 4.89. The number of benzene rings is 2. The van der Waals surface area contributed by atoms with E-state index in [0.29, 0.717) is 30.3 Å². The number of hydrogen-bond acceptors (Lipinski definition) is 6. The molecule has 0 bridgehead atoms. The molecule has 1 amide bonds. The van der Waals surface area contributed by atoms with Crippen molar-refractivity contribution >= 4 is 5.91 Å². The maximum absolute atomic E-state index is 12.8. The molecule has 7 heteroatoms. The van der Waals surface area contributed by atoms with Crippen molar-refractivity contribution in [3.8, 4) is 23.4 Å². The van der Waals surface area contributed by atoms with E-state index >= 15 is 0 Å². The van der Waals surface area contributed by atoms with Crippen LogP contribution in [-0.2, 0) is 0 Å². The van der Waals surface area contributed by atoms with Gasteiger partial charge in [-0.1, -0.05) is 18.2 Å². The molecule has 1 aliphatic rings. The van der Waals surface area contributed by atoms with Crippen molar-refractivity contribution in [2.24, 2.45) is 0 Å². The lowest BCUT2D eigenvalue weighted by atomic mass is 10.1. The van der Waals surface area contributed by atoms with Crippen molar-refractivity contribution in [1.29, 1.82) is 0 Å². The highest BCUT2D eigenvalue weighted by atomic mass is 16.5. The van der Waals surface area contributed by atoms with Crippen LogP contribution < -0.4 is 14.2 Å². The summed E-state index contributed by atoms with van der Waals surface area (Å²) in [5, 5.41) is 0. The summed E-state index contributed by atoms with van der Waals surface area (Å²) < 4.78 is 16.7. The van der Waals surface area contributed by atoms with Crippen molar-refractivity contribution in [3.63, 3.8) is 0 Å². The van der Waals surface area contributed by atoms with Gasteiger partial charge < -0.3 is 19.1 Å². The molecule has 2 heterocycles. The zero-order valence-electron chi connectivity index (χ0n) is 16.7. The van der Waals surface area contributed by atoms with Crippen LogP contribution >= 0.6 is 0 Å². The van der Waals surface area contributed by atoms with Gasteiger partial charge in [-0.05, 0) is 36.4 Å². The highest BCUT2D eigenvalue weighted by Gasteiger charge is 2.25. The number of aromatic nitrogens is 2. The monoisotopic (exact) mass is 405 g/mol. The van der Waals surface area contributed by atoms with Crippen LogP contribution in [0, 0.1) is 0 Å². The number of rotatable bonds is 6. The van der Waals surface area contributed by atoms with Gasteiger partial charge in [-0.3, -0.25) is 4.79 Å². The molecular formula is C23H23N3O4. The molecule has 30 heavy (non-hydrogen) atoms. The second-order valence-electron chi connectivity index (χ2n) is 6.93. The standard InChI is InChI=1S/C23H23N3O4/c1-28-23-24-14-11-21(25-23)30-20-12-15-26(16-13-20)22(27)17-7-9-19(10-8-17)29-18-5-3-2-4-6-18/h2-11,14,20H,12-13,15-16H2,1H3. The van der Waals surface area contributed by atoms with Crippen LogP contribution in [0.2, 0.25) is 0 Å². The van der Waals surface area contributed by atoms with Crippen LogP contribution in [0.3, 0.4) is 0 Å². The zero-order valence-corrected chi connectivity index (χ0v) is 16.7. The third kappa shape index (κ3) is 4.86. The van der Waals surface area contributed by atoms with Crippen molar-refractivity contribution < 1.29 is 19.0 Å². The van der Waals surface area contributed by atoms with Gasteiger partial charge in [-0.25, -0.2) is 4.98 Å². The molecule has 4 rings (SSSR count). The number of hydrogen-bond donors (Lipinski definition) is 0. The Bertz CT molecular complexity index is 971. The summed E-state index contributed by atoms with van der Waals surface area (Å²) in [6.45, 7) is 1.27. The van der Waals surface area contributed by atoms with E-state index in [2.05, 4.69) is 9.97 Å². The molecule has 1 fully saturated rings. The normalized spacial score (nSPS) is 14.2. The SMILES string of the molecule is COc1nccc(OC2CCN(C(=O)c3ccc(Oc4ccccc4)cc3)CC2)n1. The van der Waals surface area contributed by atoms with Gasteiger partial charge in [-0.15, -0.1) is 0 Å². The van der Waals surface area contributed by atoms with Crippen LogP contribution in [0.25, 0.3) is 0 Å². The molecule has 1 saturated heterocycles. The molecule has 3 aromatic rings. The van der Waals surface area contributed by atoms with Crippen LogP contribution in [0.5, 0.6) is 23.4 Å². The van der Waals surface area contributed by atoms with Crippen molar-refractivity contribution in [3.05, 3.63) is 72.4 Å². The maximum atomic E-state index is 12.8. The lowest BCUT2D eigenvalue weighted by Gasteiger charge is -2.32. The number of nitrogens with zero attached hydrogens (tertiary/aromatic N) is 3. The second kappa shape index (κ2) is 9.26. The number of ether oxygens (including phenoxy) is 3. The predicted octanol–water partition coefficient (Wildman–Crippen LogP) is 3.96. The van der Waals surface area contributed by atoms with Gasteiger partial charge in [0.25, 0.3) is 5.91 Å². The Morgan fingerprint density at radius 2 is 1.67 bits per heavy atom. The topological polar surface area (TPSA) is 73.8 Å². The zero-order chi connectivity index (χ0) is 20.8. The van der Waals surface area contributed by atoms with Crippen LogP contribution in [0.1, 0.15) is 23.2 Å². The summed E-state index contributed by atoms with van der Waals surface area (Å²) in [5.74, 6) is 1.97. The van der Waals surface area contributed by atoms with E-state index in [1.54, 1.807) is 24.4 Å². The van der Waals surface area contributed by atoms with Gasteiger partial charge in [0.15, 0.2) is 0 Å². The first-order valence-corrected chi connectivity index (χ1v) is 9.87. The Kier molecular flexibility index (Phi) is 6.08. The molecule has 1 aliphatic heterocycles. The van der Waals surface area contributed by atoms with Gasteiger partial charge in [0.2, 0.25) is 5.88 Å². The van der Waals surface area contributed by atoms with Gasteiger partial charge in [0, 0.05) is 43.8 Å². The number of para-hydroxylation sites is 1. The average molecular weight is 405 g/mol. The van der Waals surface area contributed by atoms with E-state index < -0.39 is 0 Å². The molecule has 0 unspecified atom stereocenters. The summed E-state index contributed by atoms with van der Waals surface area (Å²) in [5.41, 5.74) is 0.648. The Hall–Kier alpha value is -3.61. The lowest BCUT2D eigenvalue weighted by molar-refractivity contribution is 0.0586. The first-order chi connectivity index (χ1) is 14.7. The third-order valence-corrected chi connectivity index (χ3v) is 4.89. The number of amides is 1. The molecule has 2 aromatic carbocycles. The average Bonchev–Trinajstić information content (AvgIpc) is 2.80. The summed E-state index contributed by atoms with van der Waals surface area (Å²) in [4.78, 5) is 22.8. The molecule has 0 atom stereocenters. The fraction of sp³-hybridized carbons (Fsp3) is 0.261. The quantitative estimate of drug-likeness (QED) is 0.618. The van der Waals surface area contributed by atoms with Gasteiger partial charge in [0.05, 0.1) is 7.11 Å². The second-order valence-corrected chi connectivity index (χ2v) is 6.93. The van der Waals surface area contributed by atoms with Gasteiger partial charge in [0.1, 0.15) is 17.6 Å². The van der Waals surface area contributed by atoms with E-state index in [1.807, 2.05) is 47.4 Å². The Labute approximate surface area is 175 Å². The summed E-state index contributed by atoms with van der Waals surface area (Å²) in [6.07, 6.45) is 3.10. The summed E-state index contributed by atoms with van der Waals surface area (Å²) in [6, 6.07) is 18.8. The smallest absolute Gasteiger partial charge is 0.319 e. The number of carbonyl (C=O) groups is 1. The van der Waals surface area contributed by atoms with E-state index in [0.717, 1.165) is 18.6 Å². The van der Waals surface area contributed by atoms with Crippen molar-refractivity contribution in [1.82, 2.24) is 14.9 Å². The largest absolute Gasteiger partial charge is 0.474 e. The first kappa shape index (κ1) is 19.7. The highest BCUT2D eigenvalue weighted by molar-refractivity contribution is 5.94. The van der Waals surface area contributed by atoms with E-state index in [-0.39, 0.29) is 18.0 Å². The molecule has 0 N–H and O–H groups in total. The van der Waals surface area contributed by atoms with Crippen molar-refractivity contribution in [2.75, 3.05) is 20.2 Å². The molecule has 0 aliphatic carbocycles. The number of methoxy groups -OCH3 is 1. The minimum absolute atomic E-state index is 0.00954. The van der Waals surface area contributed by atoms with Crippen LogP contribution in [0.4, 0.5) is 0 Å². The Morgan fingerprint density at radius 1 is 0.967 bits per heavy atom. The first-order valence-electron chi connectivity index (χ1n) is 9.87. The summed E-state index contributed by atoms with van der Waals surface area (Å²) in [7, 11) is 1.52. The fourth-order valence-electron chi connectivity index (χ4n) is 3.31. The molecule has 1 aromatic heterocycles. The maximum Gasteiger partial charge on any atom is 0.319 e. The number of carbonyl (C=O) groups excluding carboxylic acids is 1. The Morgan fingerprint density at radius 3 is 2.37 bits per heavy atom. The van der Waals surface area contributed by atoms with E-state index in [4.69, 9.17) is 14.2 Å². The lowest BCUT2D eigenvalue weighted by Crippen LogP contribution is -2.41. The minimum atomic E-state index is 0.00954. The number of likely N-dealkylation sites (tertiary alicyclic amines) is 1.